The Hall–Kier alpha value is 0.650. The zero-order valence-corrected chi connectivity index (χ0v) is 12.4. The Kier molecular flexibility index (Phi) is 7.17. The van der Waals surface area contributed by atoms with Gasteiger partial charge in [-0.25, -0.2) is 0 Å². The van der Waals surface area contributed by atoms with Crippen LogP contribution in [0.5, 0.6) is 0 Å². The molecule has 0 N–H and O–H groups in total. The van der Waals surface area contributed by atoms with E-state index in [0.29, 0.717) is 0 Å². The highest BCUT2D eigenvalue weighted by molar-refractivity contribution is 14.1. The quantitative estimate of drug-likeness (QED) is 0.421. The van der Waals surface area contributed by atoms with Crippen LogP contribution in [0.3, 0.4) is 0 Å². The molecule has 0 aromatic rings. The molecular weight excluding hydrogens is 299 g/mol. The van der Waals surface area contributed by atoms with Crippen molar-refractivity contribution < 1.29 is 0 Å². The van der Waals surface area contributed by atoms with E-state index < -0.39 is 0 Å². The molecule has 0 radical (unpaired) electrons. The average molecular weight is 324 g/mol. The van der Waals surface area contributed by atoms with Crippen LogP contribution in [0.25, 0.3) is 0 Å². The Morgan fingerprint density at radius 2 is 2.00 bits per heavy atom. The molecule has 1 saturated heterocycles. The van der Waals surface area contributed by atoms with Crippen LogP contribution in [-0.2, 0) is 0 Å². The molecule has 2 nitrogen and oxygen atoms in total. The third kappa shape index (κ3) is 5.50. The number of halogens is 1. The van der Waals surface area contributed by atoms with E-state index in [4.69, 9.17) is 0 Å². The second kappa shape index (κ2) is 7.85. The van der Waals surface area contributed by atoms with E-state index in [2.05, 4.69) is 46.4 Å². The van der Waals surface area contributed by atoms with Crippen molar-refractivity contribution in [3.8, 4) is 0 Å². The first-order valence-electron chi connectivity index (χ1n) is 6.23. The summed E-state index contributed by atoms with van der Waals surface area (Å²) < 4.78 is 1.16. The summed E-state index contributed by atoms with van der Waals surface area (Å²) in [6.07, 6.45) is 5.52. The van der Waals surface area contributed by atoms with Crippen LogP contribution in [0.1, 0.15) is 32.6 Å². The molecule has 0 saturated carbocycles. The van der Waals surface area contributed by atoms with Crippen molar-refractivity contribution in [3.05, 3.63) is 0 Å². The SMILES string of the molecule is CCCCN1CCC(CN(C)CI)CC1. The lowest BCUT2D eigenvalue weighted by Gasteiger charge is -2.33. The summed E-state index contributed by atoms with van der Waals surface area (Å²) in [6, 6.07) is 0. The molecule has 0 aromatic carbocycles. The van der Waals surface area contributed by atoms with Crippen molar-refractivity contribution in [1.82, 2.24) is 9.80 Å². The van der Waals surface area contributed by atoms with Gasteiger partial charge in [-0.3, -0.25) is 4.90 Å². The largest absolute Gasteiger partial charge is 0.303 e. The van der Waals surface area contributed by atoms with Crippen LogP contribution in [0.4, 0.5) is 0 Å². The highest BCUT2D eigenvalue weighted by atomic mass is 127. The van der Waals surface area contributed by atoms with Crippen LogP contribution in [0.15, 0.2) is 0 Å². The standard InChI is InChI=1S/C12H25IN2/c1-3-4-7-15-8-5-12(6-9-15)10-14(2)11-13/h12H,3-11H2,1-2H3. The number of likely N-dealkylation sites (tertiary alicyclic amines) is 1. The van der Waals surface area contributed by atoms with Crippen LogP contribution < -0.4 is 0 Å². The topological polar surface area (TPSA) is 6.48 Å². The summed E-state index contributed by atoms with van der Waals surface area (Å²) in [5.41, 5.74) is 0. The minimum absolute atomic E-state index is 0.947. The molecule has 15 heavy (non-hydrogen) atoms. The van der Waals surface area contributed by atoms with Crippen molar-refractivity contribution >= 4 is 22.6 Å². The third-order valence-corrected chi connectivity index (χ3v) is 4.47. The fourth-order valence-corrected chi connectivity index (χ4v) is 2.54. The summed E-state index contributed by atoms with van der Waals surface area (Å²) in [4.78, 5) is 5.08. The van der Waals surface area contributed by atoms with Crippen LogP contribution in [0, 0.1) is 5.92 Å². The van der Waals surface area contributed by atoms with Crippen LogP contribution in [-0.4, -0.2) is 47.6 Å². The number of piperidine rings is 1. The molecule has 0 aromatic heterocycles. The predicted molar refractivity (Wildman–Crippen MR) is 75.6 cm³/mol. The minimum atomic E-state index is 0.947. The lowest BCUT2D eigenvalue weighted by atomic mass is 9.96. The molecule has 3 heteroatoms. The van der Waals surface area contributed by atoms with Crippen molar-refractivity contribution in [2.24, 2.45) is 5.92 Å². The molecule has 0 bridgehead atoms. The summed E-state index contributed by atoms with van der Waals surface area (Å²) in [7, 11) is 2.23. The monoisotopic (exact) mass is 324 g/mol. The van der Waals surface area contributed by atoms with Gasteiger partial charge in [-0.15, -0.1) is 0 Å². The van der Waals surface area contributed by atoms with Gasteiger partial charge >= 0.3 is 0 Å². The lowest BCUT2D eigenvalue weighted by molar-refractivity contribution is 0.160. The molecule has 1 aliphatic rings. The summed E-state index contributed by atoms with van der Waals surface area (Å²) in [5, 5.41) is 0. The van der Waals surface area contributed by atoms with E-state index in [-0.39, 0.29) is 0 Å². The van der Waals surface area contributed by atoms with Gasteiger partial charge in [0.05, 0.1) is 4.55 Å². The summed E-state index contributed by atoms with van der Waals surface area (Å²) in [6.45, 7) is 7.57. The maximum atomic E-state index is 2.64. The van der Waals surface area contributed by atoms with Gasteiger partial charge in [0, 0.05) is 6.54 Å². The molecule has 90 valence electrons. The summed E-state index contributed by atoms with van der Waals surface area (Å²) >= 11 is 2.45. The summed E-state index contributed by atoms with van der Waals surface area (Å²) in [5.74, 6) is 0.947. The second-order valence-corrected chi connectivity index (χ2v) is 5.48. The number of rotatable bonds is 6. The highest BCUT2D eigenvalue weighted by Gasteiger charge is 2.19. The van der Waals surface area contributed by atoms with E-state index in [1.165, 1.54) is 51.9 Å². The van der Waals surface area contributed by atoms with E-state index in [9.17, 15) is 0 Å². The number of hydrogen-bond acceptors (Lipinski definition) is 2. The normalized spacial score (nSPS) is 20.0. The van der Waals surface area contributed by atoms with E-state index >= 15 is 0 Å². The van der Waals surface area contributed by atoms with Gasteiger partial charge < -0.3 is 4.90 Å². The Bertz CT molecular complexity index is 156. The zero-order valence-electron chi connectivity index (χ0n) is 10.2. The Labute approximate surface area is 109 Å². The fourth-order valence-electron chi connectivity index (χ4n) is 2.26. The van der Waals surface area contributed by atoms with E-state index in [0.717, 1.165) is 10.5 Å². The van der Waals surface area contributed by atoms with Crippen molar-refractivity contribution in [1.29, 1.82) is 0 Å². The van der Waals surface area contributed by atoms with Crippen molar-refractivity contribution in [3.63, 3.8) is 0 Å². The molecule has 0 aliphatic carbocycles. The van der Waals surface area contributed by atoms with E-state index in [1.807, 2.05) is 0 Å². The number of nitrogens with zero attached hydrogens (tertiary/aromatic N) is 2. The smallest absolute Gasteiger partial charge is 0.0502 e. The minimum Gasteiger partial charge on any atom is -0.303 e. The van der Waals surface area contributed by atoms with Gasteiger partial charge in [-0.05, 0) is 51.9 Å². The van der Waals surface area contributed by atoms with Gasteiger partial charge in [0.25, 0.3) is 0 Å². The first-order chi connectivity index (χ1) is 7.26. The Morgan fingerprint density at radius 1 is 1.33 bits per heavy atom. The van der Waals surface area contributed by atoms with Crippen molar-refractivity contribution in [2.45, 2.75) is 32.6 Å². The highest BCUT2D eigenvalue weighted by Crippen LogP contribution is 2.18. The maximum absolute atomic E-state index is 2.64. The number of hydrogen-bond donors (Lipinski definition) is 0. The van der Waals surface area contributed by atoms with Gasteiger partial charge in [0.1, 0.15) is 0 Å². The van der Waals surface area contributed by atoms with Gasteiger partial charge in [-0.1, -0.05) is 35.9 Å². The molecule has 1 rings (SSSR count). The predicted octanol–water partition coefficient (Wildman–Crippen LogP) is 2.82. The molecule has 0 spiro atoms. The Balaban J connectivity index is 2.12. The van der Waals surface area contributed by atoms with Gasteiger partial charge in [-0.2, -0.15) is 0 Å². The van der Waals surface area contributed by atoms with Crippen LogP contribution in [0.2, 0.25) is 0 Å². The number of alkyl halides is 1. The molecular formula is C12H25IN2. The first kappa shape index (κ1) is 13.7. The molecule has 1 fully saturated rings. The van der Waals surface area contributed by atoms with Gasteiger partial charge in [0.2, 0.25) is 0 Å². The first-order valence-corrected chi connectivity index (χ1v) is 7.75. The van der Waals surface area contributed by atoms with Crippen LogP contribution >= 0.6 is 22.6 Å². The second-order valence-electron chi connectivity index (χ2n) is 4.80. The molecule has 1 aliphatic heterocycles. The van der Waals surface area contributed by atoms with Gasteiger partial charge in [0.15, 0.2) is 0 Å². The maximum Gasteiger partial charge on any atom is 0.0502 e. The Morgan fingerprint density at radius 3 is 2.53 bits per heavy atom. The number of unbranched alkanes of at least 4 members (excludes halogenated alkanes) is 1. The molecule has 0 amide bonds. The van der Waals surface area contributed by atoms with Crippen molar-refractivity contribution in [2.75, 3.05) is 37.8 Å². The average Bonchev–Trinajstić information content (AvgIpc) is 2.28. The zero-order chi connectivity index (χ0) is 11.1. The third-order valence-electron chi connectivity index (χ3n) is 3.31. The fraction of sp³-hybridized carbons (Fsp3) is 1.00. The van der Waals surface area contributed by atoms with E-state index in [1.54, 1.807) is 0 Å². The molecule has 0 atom stereocenters. The molecule has 1 heterocycles. The molecule has 0 unspecified atom stereocenters. The lowest BCUT2D eigenvalue weighted by Crippen LogP contribution is -2.37.